The minimum atomic E-state index is -0.135. The largest absolute Gasteiger partial charge is 0.322 e. The van der Waals surface area contributed by atoms with E-state index in [9.17, 15) is 4.79 Å². The highest BCUT2D eigenvalue weighted by Crippen LogP contribution is 2.28. The number of thiazole rings is 1. The van der Waals surface area contributed by atoms with E-state index in [2.05, 4.69) is 20.8 Å². The van der Waals surface area contributed by atoms with Crippen molar-refractivity contribution in [3.05, 3.63) is 54.1 Å². The minimum absolute atomic E-state index is 0.135. The molecule has 1 heterocycles. The van der Waals surface area contributed by atoms with Crippen molar-refractivity contribution in [3.63, 3.8) is 0 Å². The van der Waals surface area contributed by atoms with Gasteiger partial charge < -0.3 is 5.32 Å². The monoisotopic (exact) mass is 324 g/mol. The number of carbonyl (C=O) groups is 1. The van der Waals surface area contributed by atoms with Gasteiger partial charge in [-0.1, -0.05) is 29.5 Å². The summed E-state index contributed by atoms with van der Waals surface area (Å²) in [7, 11) is 0. The second kappa shape index (κ2) is 6.58. The molecule has 0 saturated heterocycles. The van der Waals surface area contributed by atoms with Crippen molar-refractivity contribution in [1.29, 1.82) is 0 Å². The van der Waals surface area contributed by atoms with Crippen molar-refractivity contribution in [2.75, 3.05) is 10.7 Å². The molecule has 2 N–H and O–H groups in total. The summed E-state index contributed by atoms with van der Waals surface area (Å²) in [5.74, 6) is -0.135. The molecular weight excluding hydrogens is 308 g/mol. The zero-order valence-corrected chi connectivity index (χ0v) is 13.6. The lowest BCUT2D eigenvalue weighted by atomic mass is 10.2. The van der Waals surface area contributed by atoms with Crippen molar-refractivity contribution >= 4 is 44.0 Å². The fraction of sp³-hybridized carbons (Fsp3) is 0.118. The average Bonchev–Trinajstić information content (AvgIpc) is 2.96. The SMILES string of the molecule is CC(C)=NNc1nc2cc(NC(=O)c3ccccc3)ccc2s1. The molecule has 1 amide bonds. The molecule has 116 valence electrons. The van der Waals surface area contributed by atoms with Gasteiger partial charge in [0.25, 0.3) is 5.91 Å². The van der Waals surface area contributed by atoms with Gasteiger partial charge in [0.2, 0.25) is 5.13 Å². The molecule has 2 aromatic carbocycles. The molecule has 3 rings (SSSR count). The van der Waals surface area contributed by atoms with Gasteiger partial charge in [0.1, 0.15) is 0 Å². The highest BCUT2D eigenvalue weighted by atomic mass is 32.1. The number of benzene rings is 2. The maximum absolute atomic E-state index is 12.2. The van der Waals surface area contributed by atoms with E-state index in [-0.39, 0.29) is 5.91 Å². The number of hydrogen-bond acceptors (Lipinski definition) is 5. The molecule has 0 fully saturated rings. The summed E-state index contributed by atoms with van der Waals surface area (Å²) in [6, 6.07) is 14.8. The van der Waals surface area contributed by atoms with Crippen LogP contribution >= 0.6 is 11.3 Å². The van der Waals surface area contributed by atoms with E-state index >= 15 is 0 Å². The highest BCUT2D eigenvalue weighted by Gasteiger charge is 2.08. The molecule has 23 heavy (non-hydrogen) atoms. The Kier molecular flexibility index (Phi) is 4.34. The maximum atomic E-state index is 12.2. The number of hydrazone groups is 1. The van der Waals surface area contributed by atoms with Gasteiger partial charge in [-0.05, 0) is 44.2 Å². The smallest absolute Gasteiger partial charge is 0.255 e. The Hall–Kier alpha value is -2.73. The van der Waals surface area contributed by atoms with Crippen LogP contribution < -0.4 is 10.7 Å². The normalized spacial score (nSPS) is 10.3. The van der Waals surface area contributed by atoms with E-state index in [0.717, 1.165) is 26.7 Å². The minimum Gasteiger partial charge on any atom is -0.322 e. The van der Waals surface area contributed by atoms with Crippen LogP contribution in [-0.2, 0) is 0 Å². The van der Waals surface area contributed by atoms with Gasteiger partial charge in [-0.25, -0.2) is 4.98 Å². The fourth-order valence-corrected chi connectivity index (χ4v) is 2.79. The molecule has 0 bridgehead atoms. The van der Waals surface area contributed by atoms with E-state index in [0.29, 0.717) is 5.56 Å². The van der Waals surface area contributed by atoms with Crippen LogP contribution in [-0.4, -0.2) is 16.6 Å². The van der Waals surface area contributed by atoms with Crippen molar-refractivity contribution in [3.8, 4) is 0 Å². The zero-order chi connectivity index (χ0) is 16.2. The van der Waals surface area contributed by atoms with Crippen LogP contribution in [0.3, 0.4) is 0 Å². The maximum Gasteiger partial charge on any atom is 0.255 e. The van der Waals surface area contributed by atoms with Gasteiger partial charge >= 0.3 is 0 Å². The van der Waals surface area contributed by atoms with E-state index < -0.39 is 0 Å². The highest BCUT2D eigenvalue weighted by molar-refractivity contribution is 7.22. The first-order chi connectivity index (χ1) is 11.1. The van der Waals surface area contributed by atoms with Crippen molar-refractivity contribution in [2.24, 2.45) is 5.10 Å². The lowest BCUT2D eigenvalue weighted by molar-refractivity contribution is 0.102. The van der Waals surface area contributed by atoms with Crippen LogP contribution in [0.4, 0.5) is 10.8 Å². The summed E-state index contributed by atoms with van der Waals surface area (Å²) in [4.78, 5) is 16.6. The van der Waals surface area contributed by atoms with Crippen LogP contribution in [0.2, 0.25) is 0 Å². The summed E-state index contributed by atoms with van der Waals surface area (Å²) in [6.45, 7) is 3.83. The Morgan fingerprint density at radius 1 is 1.13 bits per heavy atom. The van der Waals surface area contributed by atoms with E-state index in [4.69, 9.17) is 0 Å². The first-order valence-corrected chi connectivity index (χ1v) is 7.97. The van der Waals surface area contributed by atoms with Gasteiger partial charge in [0.05, 0.1) is 10.2 Å². The van der Waals surface area contributed by atoms with Gasteiger partial charge in [-0.3, -0.25) is 10.2 Å². The first kappa shape index (κ1) is 15.2. The lowest BCUT2D eigenvalue weighted by Gasteiger charge is -2.04. The predicted octanol–water partition coefficient (Wildman–Crippen LogP) is 4.36. The predicted molar refractivity (Wildman–Crippen MR) is 96.4 cm³/mol. The molecule has 0 aliphatic carbocycles. The summed E-state index contributed by atoms with van der Waals surface area (Å²) in [6.07, 6.45) is 0. The third kappa shape index (κ3) is 3.73. The van der Waals surface area contributed by atoms with Crippen molar-refractivity contribution in [1.82, 2.24) is 4.98 Å². The standard InChI is InChI=1S/C17H16N4OS/c1-11(2)20-21-17-19-14-10-13(8-9-15(14)23-17)18-16(22)12-6-4-3-5-7-12/h3-10H,1-2H3,(H,18,22)(H,19,21). The van der Waals surface area contributed by atoms with E-state index in [1.807, 2.05) is 50.2 Å². The quantitative estimate of drug-likeness (QED) is 0.553. The third-order valence-corrected chi connectivity index (χ3v) is 4.00. The lowest BCUT2D eigenvalue weighted by Crippen LogP contribution is -2.11. The van der Waals surface area contributed by atoms with Gasteiger partial charge in [-0.2, -0.15) is 5.10 Å². The summed E-state index contributed by atoms with van der Waals surface area (Å²) in [5.41, 5.74) is 6.03. The number of rotatable bonds is 4. The van der Waals surface area contributed by atoms with Gasteiger partial charge in [0, 0.05) is 17.0 Å². The molecule has 0 atom stereocenters. The Morgan fingerprint density at radius 3 is 2.65 bits per heavy atom. The van der Waals surface area contributed by atoms with Crippen LogP contribution in [0.5, 0.6) is 0 Å². The van der Waals surface area contributed by atoms with Crippen molar-refractivity contribution in [2.45, 2.75) is 13.8 Å². The molecule has 0 saturated carbocycles. The Bertz CT molecular complexity index is 867. The number of nitrogens with zero attached hydrogens (tertiary/aromatic N) is 2. The number of carbonyl (C=O) groups excluding carboxylic acids is 1. The van der Waals surface area contributed by atoms with Gasteiger partial charge in [-0.15, -0.1) is 0 Å². The molecule has 6 heteroatoms. The van der Waals surface area contributed by atoms with E-state index in [1.165, 1.54) is 11.3 Å². The number of nitrogens with one attached hydrogen (secondary N) is 2. The Balaban J connectivity index is 1.80. The molecule has 0 radical (unpaired) electrons. The second-order valence-electron chi connectivity index (χ2n) is 5.19. The Labute approximate surface area is 138 Å². The molecule has 1 aromatic heterocycles. The molecule has 0 spiro atoms. The second-order valence-corrected chi connectivity index (χ2v) is 6.22. The molecule has 0 aliphatic rings. The number of amides is 1. The zero-order valence-electron chi connectivity index (χ0n) is 12.8. The molecular formula is C17H16N4OS. The number of fused-ring (bicyclic) bond motifs is 1. The molecule has 0 unspecified atom stereocenters. The van der Waals surface area contributed by atoms with Crippen LogP contribution in [0.15, 0.2) is 53.6 Å². The fourth-order valence-electron chi connectivity index (χ4n) is 2.01. The average molecular weight is 324 g/mol. The van der Waals surface area contributed by atoms with Crippen molar-refractivity contribution < 1.29 is 4.79 Å². The first-order valence-electron chi connectivity index (χ1n) is 7.16. The van der Waals surface area contributed by atoms with Crippen LogP contribution in [0, 0.1) is 0 Å². The number of aromatic nitrogens is 1. The third-order valence-electron chi connectivity index (χ3n) is 3.06. The molecule has 3 aromatic rings. The van der Waals surface area contributed by atoms with Crippen LogP contribution in [0.25, 0.3) is 10.2 Å². The molecule has 5 nitrogen and oxygen atoms in total. The summed E-state index contributed by atoms with van der Waals surface area (Å²) < 4.78 is 1.04. The summed E-state index contributed by atoms with van der Waals surface area (Å²) >= 11 is 1.52. The van der Waals surface area contributed by atoms with Crippen LogP contribution in [0.1, 0.15) is 24.2 Å². The Morgan fingerprint density at radius 2 is 1.91 bits per heavy atom. The molecule has 0 aliphatic heterocycles. The van der Waals surface area contributed by atoms with E-state index in [1.54, 1.807) is 12.1 Å². The summed E-state index contributed by atoms with van der Waals surface area (Å²) in [5, 5.41) is 7.76. The topological polar surface area (TPSA) is 66.4 Å². The number of hydrogen-bond donors (Lipinski definition) is 2. The number of anilines is 2. The van der Waals surface area contributed by atoms with Gasteiger partial charge in [0.15, 0.2) is 0 Å².